The van der Waals surface area contributed by atoms with Gasteiger partial charge in [-0.3, -0.25) is 0 Å². The predicted octanol–water partition coefficient (Wildman–Crippen LogP) is 4.65. The lowest BCUT2D eigenvalue weighted by Gasteiger charge is -2.13. The zero-order valence-electron chi connectivity index (χ0n) is 11.7. The molecule has 3 aromatic rings. The van der Waals surface area contributed by atoms with Crippen molar-refractivity contribution >= 4 is 28.3 Å². The first-order valence-corrected chi connectivity index (χ1v) is 7.92. The van der Waals surface area contributed by atoms with Crippen molar-refractivity contribution in [2.45, 2.75) is 13.0 Å². The van der Waals surface area contributed by atoms with Crippen LogP contribution in [0.4, 0.5) is 5.69 Å². The van der Waals surface area contributed by atoms with Crippen molar-refractivity contribution in [3.8, 4) is 5.69 Å². The fraction of sp³-hybridized carbons (Fsp3) is 0.118. The molecule has 0 saturated heterocycles. The van der Waals surface area contributed by atoms with Crippen LogP contribution < -0.4 is 5.32 Å². The van der Waals surface area contributed by atoms with Crippen LogP contribution in [0, 0.1) is 3.57 Å². The van der Waals surface area contributed by atoms with E-state index in [0.717, 1.165) is 16.9 Å². The van der Waals surface area contributed by atoms with Crippen LogP contribution in [0.5, 0.6) is 0 Å². The van der Waals surface area contributed by atoms with Gasteiger partial charge in [-0.2, -0.15) is 5.10 Å². The molecule has 3 nitrogen and oxygen atoms in total. The summed E-state index contributed by atoms with van der Waals surface area (Å²) < 4.78 is 3.13. The number of nitrogens with one attached hydrogen (secondary N) is 1. The van der Waals surface area contributed by atoms with Gasteiger partial charge in [-0.1, -0.05) is 24.3 Å². The molecule has 1 N–H and O–H groups in total. The summed E-state index contributed by atoms with van der Waals surface area (Å²) in [6.45, 7) is 2.15. The van der Waals surface area contributed by atoms with Crippen LogP contribution in [-0.2, 0) is 0 Å². The molecule has 0 radical (unpaired) electrons. The zero-order chi connectivity index (χ0) is 14.7. The van der Waals surface area contributed by atoms with Crippen molar-refractivity contribution in [1.82, 2.24) is 9.78 Å². The van der Waals surface area contributed by atoms with Crippen molar-refractivity contribution in [3.05, 3.63) is 76.1 Å². The number of halogens is 1. The van der Waals surface area contributed by atoms with Crippen LogP contribution in [0.2, 0.25) is 0 Å². The number of rotatable bonds is 4. The van der Waals surface area contributed by atoms with Gasteiger partial charge in [0.2, 0.25) is 0 Å². The molecule has 4 heteroatoms. The highest BCUT2D eigenvalue weighted by Gasteiger charge is 2.09. The van der Waals surface area contributed by atoms with Gasteiger partial charge in [-0.25, -0.2) is 4.68 Å². The van der Waals surface area contributed by atoms with Crippen LogP contribution in [0.15, 0.2) is 67.0 Å². The molecule has 21 heavy (non-hydrogen) atoms. The third-order valence-electron chi connectivity index (χ3n) is 3.33. The smallest absolute Gasteiger partial charge is 0.0645 e. The second kappa shape index (κ2) is 6.30. The van der Waals surface area contributed by atoms with Gasteiger partial charge in [0.15, 0.2) is 0 Å². The largest absolute Gasteiger partial charge is 0.378 e. The number of nitrogens with zero attached hydrogens (tertiary/aromatic N) is 2. The van der Waals surface area contributed by atoms with Crippen molar-refractivity contribution in [1.29, 1.82) is 0 Å². The summed E-state index contributed by atoms with van der Waals surface area (Å²) in [5.41, 5.74) is 3.37. The predicted molar refractivity (Wildman–Crippen MR) is 94.8 cm³/mol. The maximum Gasteiger partial charge on any atom is 0.0645 e. The van der Waals surface area contributed by atoms with Crippen LogP contribution in [-0.4, -0.2) is 9.78 Å². The van der Waals surface area contributed by atoms with E-state index in [-0.39, 0.29) is 6.04 Å². The minimum atomic E-state index is 0.209. The maximum atomic E-state index is 4.44. The molecule has 1 heterocycles. The van der Waals surface area contributed by atoms with E-state index in [1.165, 1.54) is 3.57 Å². The van der Waals surface area contributed by atoms with Gasteiger partial charge >= 0.3 is 0 Å². The fourth-order valence-electron chi connectivity index (χ4n) is 2.19. The molecule has 0 spiro atoms. The molecule has 0 aliphatic carbocycles. The third-order valence-corrected chi connectivity index (χ3v) is 4.00. The van der Waals surface area contributed by atoms with E-state index in [0.29, 0.717) is 0 Å². The molecule has 0 fully saturated rings. The van der Waals surface area contributed by atoms with E-state index in [1.807, 2.05) is 29.1 Å². The Labute approximate surface area is 138 Å². The lowest BCUT2D eigenvalue weighted by atomic mass is 10.2. The van der Waals surface area contributed by atoms with E-state index < -0.39 is 0 Å². The molecule has 1 atom stereocenters. The average Bonchev–Trinajstić information content (AvgIpc) is 2.98. The second-order valence-corrected chi connectivity index (χ2v) is 6.18. The topological polar surface area (TPSA) is 29.9 Å². The Morgan fingerprint density at radius 3 is 2.67 bits per heavy atom. The van der Waals surface area contributed by atoms with Crippen LogP contribution in [0.3, 0.4) is 0 Å². The molecule has 0 aliphatic rings. The highest BCUT2D eigenvalue weighted by molar-refractivity contribution is 14.1. The number of anilines is 1. The normalized spacial score (nSPS) is 12.1. The molecule has 0 saturated carbocycles. The zero-order valence-corrected chi connectivity index (χ0v) is 13.9. The van der Waals surface area contributed by atoms with E-state index >= 15 is 0 Å². The van der Waals surface area contributed by atoms with Gasteiger partial charge in [0, 0.05) is 21.0 Å². The first-order valence-electron chi connectivity index (χ1n) is 6.84. The number of aromatic nitrogens is 2. The van der Waals surface area contributed by atoms with Crippen molar-refractivity contribution in [2.75, 3.05) is 5.32 Å². The fourth-order valence-corrected chi connectivity index (χ4v) is 2.74. The molecule has 1 aromatic heterocycles. The Balaban J connectivity index is 1.77. The third kappa shape index (κ3) is 3.44. The van der Waals surface area contributed by atoms with E-state index in [1.54, 1.807) is 0 Å². The van der Waals surface area contributed by atoms with E-state index in [9.17, 15) is 0 Å². The average molecular weight is 389 g/mol. The van der Waals surface area contributed by atoms with Crippen molar-refractivity contribution < 1.29 is 0 Å². The van der Waals surface area contributed by atoms with Crippen molar-refractivity contribution in [2.24, 2.45) is 0 Å². The standard InChI is InChI=1S/C17H16IN3/c1-13(20-16-7-5-6-15(18)10-16)14-11-19-21(12-14)17-8-3-2-4-9-17/h2-13,20H,1H3. The minimum Gasteiger partial charge on any atom is -0.378 e. The van der Waals surface area contributed by atoms with Crippen LogP contribution >= 0.6 is 22.6 Å². The first kappa shape index (κ1) is 14.1. The van der Waals surface area contributed by atoms with Gasteiger partial charge in [-0.15, -0.1) is 0 Å². The molecule has 106 valence electrons. The highest BCUT2D eigenvalue weighted by atomic mass is 127. The van der Waals surface area contributed by atoms with E-state index in [2.05, 4.69) is 82.5 Å². The summed E-state index contributed by atoms with van der Waals surface area (Å²) in [7, 11) is 0. The Bertz CT molecular complexity index is 722. The lowest BCUT2D eigenvalue weighted by molar-refractivity contribution is 0.868. The number of para-hydroxylation sites is 1. The Kier molecular flexibility index (Phi) is 4.24. The first-order chi connectivity index (χ1) is 10.2. The van der Waals surface area contributed by atoms with Gasteiger partial charge in [0.25, 0.3) is 0 Å². The van der Waals surface area contributed by atoms with Gasteiger partial charge < -0.3 is 5.32 Å². The quantitative estimate of drug-likeness (QED) is 0.659. The van der Waals surface area contributed by atoms with Gasteiger partial charge in [0.05, 0.1) is 17.9 Å². The lowest BCUT2D eigenvalue weighted by Crippen LogP contribution is -2.05. The monoisotopic (exact) mass is 389 g/mol. The second-order valence-electron chi connectivity index (χ2n) is 4.93. The summed E-state index contributed by atoms with van der Waals surface area (Å²) in [5.74, 6) is 0. The summed E-state index contributed by atoms with van der Waals surface area (Å²) in [6, 6.07) is 18.7. The van der Waals surface area contributed by atoms with E-state index in [4.69, 9.17) is 0 Å². The van der Waals surface area contributed by atoms with Crippen molar-refractivity contribution in [3.63, 3.8) is 0 Å². The summed E-state index contributed by atoms with van der Waals surface area (Å²) in [6.07, 6.45) is 3.99. The Hall–Kier alpha value is -1.82. The molecule has 0 aliphatic heterocycles. The summed E-state index contributed by atoms with van der Waals surface area (Å²) in [4.78, 5) is 0. The molecule has 0 amide bonds. The minimum absolute atomic E-state index is 0.209. The molecular weight excluding hydrogens is 373 g/mol. The summed E-state index contributed by atoms with van der Waals surface area (Å²) >= 11 is 2.32. The molecule has 2 aromatic carbocycles. The number of hydrogen-bond acceptors (Lipinski definition) is 2. The molecule has 0 bridgehead atoms. The highest BCUT2D eigenvalue weighted by Crippen LogP contribution is 2.21. The summed E-state index contributed by atoms with van der Waals surface area (Å²) in [5, 5.41) is 7.95. The Morgan fingerprint density at radius 2 is 1.90 bits per heavy atom. The maximum absolute atomic E-state index is 4.44. The molecule has 1 unspecified atom stereocenters. The molecule has 3 rings (SSSR count). The molecular formula is C17H16IN3. The van der Waals surface area contributed by atoms with Gasteiger partial charge in [-0.05, 0) is 59.8 Å². The SMILES string of the molecule is CC(Nc1cccc(I)c1)c1cnn(-c2ccccc2)c1. The Morgan fingerprint density at radius 1 is 1.10 bits per heavy atom. The number of benzene rings is 2. The van der Waals surface area contributed by atoms with Crippen LogP contribution in [0.1, 0.15) is 18.5 Å². The number of hydrogen-bond donors (Lipinski definition) is 1. The van der Waals surface area contributed by atoms with Crippen LogP contribution in [0.25, 0.3) is 5.69 Å². The van der Waals surface area contributed by atoms with Gasteiger partial charge in [0.1, 0.15) is 0 Å².